The molecule has 0 fully saturated rings. The fourth-order valence-corrected chi connectivity index (χ4v) is 2.19. The average Bonchev–Trinajstić information content (AvgIpc) is 2.62. The summed E-state index contributed by atoms with van der Waals surface area (Å²) in [5, 5.41) is 0. The van der Waals surface area contributed by atoms with Gasteiger partial charge in [-0.05, 0) is 36.8 Å². The van der Waals surface area contributed by atoms with Gasteiger partial charge in [0.15, 0.2) is 0 Å². The van der Waals surface area contributed by atoms with Crippen LogP contribution in [-0.2, 0) is 14.3 Å². The highest BCUT2D eigenvalue weighted by Gasteiger charge is 2.22. The monoisotopic (exact) mass is 328 g/mol. The van der Waals surface area contributed by atoms with E-state index in [1.807, 2.05) is 30.3 Å². The minimum absolute atomic E-state index is 0.0280. The fraction of sp³-hybridized carbons (Fsp3) is 0.263. The van der Waals surface area contributed by atoms with Crippen LogP contribution in [-0.4, -0.2) is 25.7 Å². The molecule has 0 amide bonds. The fourth-order valence-electron chi connectivity index (χ4n) is 2.19. The highest BCUT2D eigenvalue weighted by molar-refractivity contribution is 5.90. The summed E-state index contributed by atoms with van der Waals surface area (Å²) in [6.07, 6.45) is -0.723. The lowest BCUT2D eigenvalue weighted by Crippen LogP contribution is -2.17. The average molecular weight is 328 g/mol. The highest BCUT2D eigenvalue weighted by atomic mass is 16.6. The summed E-state index contributed by atoms with van der Waals surface area (Å²) in [6.45, 7) is 2.02. The molecule has 0 unspecified atom stereocenters. The molecule has 1 atom stereocenters. The van der Waals surface area contributed by atoms with Gasteiger partial charge in [-0.1, -0.05) is 30.3 Å². The maximum Gasteiger partial charge on any atom is 0.338 e. The largest absolute Gasteiger partial charge is 0.497 e. The maximum absolute atomic E-state index is 12.4. The quantitative estimate of drug-likeness (QED) is 0.727. The van der Waals surface area contributed by atoms with Crippen molar-refractivity contribution in [3.8, 4) is 5.75 Å². The Morgan fingerprint density at radius 2 is 1.67 bits per heavy atom. The molecule has 0 heterocycles. The van der Waals surface area contributed by atoms with Gasteiger partial charge in [0.05, 0.1) is 25.7 Å². The standard InChI is InChI=1S/C19H20O5/c1-3-23-18(20)13-17(14-7-5-4-6-8-14)24-19(21)15-9-11-16(22-2)12-10-15/h4-12,17H,3,13H2,1-2H3/t17-/m0/s1. The third-order valence-corrected chi connectivity index (χ3v) is 3.40. The molecule has 2 rings (SSSR count). The van der Waals surface area contributed by atoms with E-state index in [0.717, 1.165) is 5.56 Å². The molecule has 0 saturated heterocycles. The summed E-state index contributed by atoms with van der Waals surface area (Å²) in [7, 11) is 1.55. The number of methoxy groups -OCH3 is 1. The van der Waals surface area contributed by atoms with E-state index in [9.17, 15) is 9.59 Å². The summed E-state index contributed by atoms with van der Waals surface area (Å²) in [5.74, 6) is -0.262. The van der Waals surface area contributed by atoms with Crippen LogP contribution in [0, 0.1) is 0 Å². The van der Waals surface area contributed by atoms with E-state index >= 15 is 0 Å². The summed E-state index contributed by atoms with van der Waals surface area (Å²) in [6, 6.07) is 15.7. The lowest BCUT2D eigenvalue weighted by Gasteiger charge is -2.17. The second-order valence-electron chi connectivity index (χ2n) is 5.04. The molecular formula is C19H20O5. The second-order valence-corrected chi connectivity index (χ2v) is 5.04. The number of hydrogen-bond donors (Lipinski definition) is 0. The first-order valence-electron chi connectivity index (χ1n) is 7.69. The summed E-state index contributed by atoms with van der Waals surface area (Å²) in [4.78, 5) is 24.2. The van der Waals surface area contributed by atoms with Gasteiger partial charge < -0.3 is 14.2 Å². The summed E-state index contributed by atoms with van der Waals surface area (Å²) in [5.41, 5.74) is 1.13. The molecule has 0 aromatic heterocycles. The predicted octanol–water partition coefficient (Wildman–Crippen LogP) is 3.55. The SMILES string of the molecule is CCOC(=O)C[C@H](OC(=O)c1ccc(OC)cc1)c1ccccc1. The van der Waals surface area contributed by atoms with Gasteiger partial charge in [-0.25, -0.2) is 4.79 Å². The van der Waals surface area contributed by atoms with E-state index in [2.05, 4.69) is 0 Å². The Bertz CT molecular complexity index is 664. The molecule has 0 saturated carbocycles. The van der Waals surface area contributed by atoms with Crippen molar-refractivity contribution in [1.29, 1.82) is 0 Å². The molecular weight excluding hydrogens is 308 g/mol. The lowest BCUT2D eigenvalue weighted by molar-refractivity contribution is -0.145. The van der Waals surface area contributed by atoms with E-state index in [0.29, 0.717) is 11.3 Å². The van der Waals surface area contributed by atoms with Crippen LogP contribution in [0.5, 0.6) is 5.75 Å². The Morgan fingerprint density at radius 3 is 2.25 bits per heavy atom. The summed E-state index contributed by atoms with van der Waals surface area (Å²) < 4.78 is 15.6. The number of hydrogen-bond acceptors (Lipinski definition) is 5. The first kappa shape index (κ1) is 17.5. The van der Waals surface area contributed by atoms with Crippen molar-refractivity contribution < 1.29 is 23.8 Å². The van der Waals surface area contributed by atoms with Crippen LogP contribution >= 0.6 is 0 Å². The molecule has 5 nitrogen and oxygen atoms in total. The van der Waals surface area contributed by atoms with Gasteiger partial charge in [-0.15, -0.1) is 0 Å². The van der Waals surface area contributed by atoms with Gasteiger partial charge in [0.25, 0.3) is 0 Å². The van der Waals surface area contributed by atoms with E-state index in [-0.39, 0.29) is 13.0 Å². The van der Waals surface area contributed by atoms with Crippen LogP contribution in [0.3, 0.4) is 0 Å². The molecule has 0 aliphatic rings. The first-order valence-corrected chi connectivity index (χ1v) is 7.69. The van der Waals surface area contributed by atoms with E-state index in [1.165, 1.54) is 0 Å². The molecule has 0 bridgehead atoms. The first-order chi connectivity index (χ1) is 11.6. The van der Waals surface area contributed by atoms with Gasteiger partial charge in [0, 0.05) is 0 Å². The third kappa shape index (κ3) is 4.84. The molecule has 0 radical (unpaired) electrons. The van der Waals surface area contributed by atoms with Gasteiger partial charge in [-0.3, -0.25) is 4.79 Å². The van der Waals surface area contributed by atoms with Crippen molar-refractivity contribution in [1.82, 2.24) is 0 Å². The van der Waals surface area contributed by atoms with Crippen LogP contribution in [0.1, 0.15) is 35.4 Å². The number of carbonyl (C=O) groups is 2. The number of ether oxygens (including phenoxy) is 3. The third-order valence-electron chi connectivity index (χ3n) is 3.40. The van der Waals surface area contributed by atoms with Gasteiger partial charge in [-0.2, -0.15) is 0 Å². The minimum atomic E-state index is -0.695. The normalized spacial score (nSPS) is 11.4. The molecule has 0 N–H and O–H groups in total. The van der Waals surface area contributed by atoms with E-state index in [4.69, 9.17) is 14.2 Å². The van der Waals surface area contributed by atoms with Crippen LogP contribution in [0.25, 0.3) is 0 Å². The highest BCUT2D eigenvalue weighted by Crippen LogP contribution is 2.24. The summed E-state index contributed by atoms with van der Waals surface area (Å²) >= 11 is 0. The van der Waals surface area contributed by atoms with Crippen molar-refractivity contribution in [3.63, 3.8) is 0 Å². The molecule has 0 spiro atoms. The van der Waals surface area contributed by atoms with Crippen LogP contribution in [0.2, 0.25) is 0 Å². The van der Waals surface area contributed by atoms with Crippen LogP contribution in [0.4, 0.5) is 0 Å². The number of rotatable bonds is 7. The van der Waals surface area contributed by atoms with Crippen molar-refractivity contribution in [2.24, 2.45) is 0 Å². The van der Waals surface area contributed by atoms with Crippen LogP contribution in [0.15, 0.2) is 54.6 Å². The Hall–Kier alpha value is -2.82. The zero-order chi connectivity index (χ0) is 17.4. The Kier molecular flexibility index (Phi) is 6.37. The van der Waals surface area contributed by atoms with Crippen molar-refractivity contribution in [3.05, 3.63) is 65.7 Å². The minimum Gasteiger partial charge on any atom is -0.497 e. The topological polar surface area (TPSA) is 61.8 Å². The molecule has 2 aromatic carbocycles. The van der Waals surface area contributed by atoms with Gasteiger partial charge in [0.1, 0.15) is 11.9 Å². The Labute approximate surface area is 141 Å². The van der Waals surface area contributed by atoms with Crippen LogP contribution < -0.4 is 4.74 Å². The van der Waals surface area contributed by atoms with E-state index in [1.54, 1.807) is 38.3 Å². The molecule has 126 valence electrons. The van der Waals surface area contributed by atoms with E-state index < -0.39 is 18.0 Å². The molecule has 2 aromatic rings. The van der Waals surface area contributed by atoms with Crippen molar-refractivity contribution in [2.75, 3.05) is 13.7 Å². The molecule has 24 heavy (non-hydrogen) atoms. The zero-order valence-corrected chi connectivity index (χ0v) is 13.7. The number of esters is 2. The number of benzene rings is 2. The zero-order valence-electron chi connectivity index (χ0n) is 13.7. The van der Waals surface area contributed by atoms with Crippen molar-refractivity contribution in [2.45, 2.75) is 19.4 Å². The van der Waals surface area contributed by atoms with Gasteiger partial charge >= 0.3 is 11.9 Å². The van der Waals surface area contributed by atoms with Gasteiger partial charge in [0.2, 0.25) is 0 Å². The number of carbonyl (C=O) groups excluding carboxylic acids is 2. The Morgan fingerprint density at radius 1 is 1.00 bits per heavy atom. The van der Waals surface area contributed by atoms with Crippen molar-refractivity contribution >= 4 is 11.9 Å². The molecule has 0 aliphatic heterocycles. The molecule has 0 aliphatic carbocycles. The molecule has 5 heteroatoms. The lowest BCUT2D eigenvalue weighted by atomic mass is 10.1. The smallest absolute Gasteiger partial charge is 0.338 e. The Balaban J connectivity index is 2.14. The maximum atomic E-state index is 12.4. The second kappa shape index (κ2) is 8.72. The predicted molar refractivity (Wildman–Crippen MR) is 88.8 cm³/mol.